The second-order valence-electron chi connectivity index (χ2n) is 9.51. The molecule has 8 nitrogen and oxygen atoms in total. The van der Waals surface area contributed by atoms with E-state index in [1.807, 2.05) is 32.7 Å². The number of hydrogen-bond acceptors (Lipinski definition) is 5. The highest BCUT2D eigenvalue weighted by molar-refractivity contribution is 14.0. The summed E-state index contributed by atoms with van der Waals surface area (Å²) in [5, 5.41) is 3.54. The van der Waals surface area contributed by atoms with Crippen LogP contribution in [-0.4, -0.2) is 74.9 Å². The van der Waals surface area contributed by atoms with Gasteiger partial charge in [0.05, 0.1) is 14.2 Å². The standard InChI is InChI=1S/C24H38N4O4.HI/c1-24(2,3)32-23(29)28-10-7-8-17(15-28)14-26-22(25-4)27-11-9-18-12-20(30-5)21(31-6)13-19(18)16-27;/h12-13,17H,7-11,14-16H2,1-6H3,(H,25,26);1H. The molecule has 0 bridgehead atoms. The van der Waals surface area contributed by atoms with Gasteiger partial charge in [-0.1, -0.05) is 0 Å². The molecule has 1 amide bonds. The first-order valence-corrected chi connectivity index (χ1v) is 11.4. The van der Waals surface area contributed by atoms with Crippen LogP contribution in [0.1, 0.15) is 44.7 Å². The first-order valence-electron chi connectivity index (χ1n) is 11.4. The molecule has 1 N–H and O–H groups in total. The van der Waals surface area contributed by atoms with Crippen LogP contribution in [0.25, 0.3) is 0 Å². The van der Waals surface area contributed by atoms with Crippen LogP contribution in [0.3, 0.4) is 0 Å². The lowest BCUT2D eigenvalue weighted by Gasteiger charge is -2.36. The van der Waals surface area contributed by atoms with Crippen LogP contribution in [0, 0.1) is 5.92 Å². The number of aliphatic imine (C=N–C) groups is 1. The average Bonchev–Trinajstić information content (AvgIpc) is 2.77. The van der Waals surface area contributed by atoms with E-state index in [0.29, 0.717) is 12.5 Å². The Morgan fingerprint density at radius 2 is 1.79 bits per heavy atom. The van der Waals surface area contributed by atoms with Crippen molar-refractivity contribution in [3.63, 3.8) is 0 Å². The predicted octanol–water partition coefficient (Wildman–Crippen LogP) is 3.90. The minimum atomic E-state index is -0.471. The van der Waals surface area contributed by atoms with Gasteiger partial charge in [-0.2, -0.15) is 0 Å². The minimum Gasteiger partial charge on any atom is -0.493 e. The lowest BCUT2D eigenvalue weighted by atomic mass is 9.98. The van der Waals surface area contributed by atoms with E-state index in [4.69, 9.17) is 14.2 Å². The molecule has 0 spiro atoms. The van der Waals surface area contributed by atoms with E-state index in [1.165, 1.54) is 11.1 Å². The maximum Gasteiger partial charge on any atom is 0.410 e. The van der Waals surface area contributed by atoms with E-state index < -0.39 is 5.60 Å². The minimum absolute atomic E-state index is 0. The highest BCUT2D eigenvalue weighted by Gasteiger charge is 2.28. The third-order valence-electron chi connectivity index (χ3n) is 5.95. The molecular weight excluding hydrogens is 535 g/mol. The van der Waals surface area contributed by atoms with Crippen molar-refractivity contribution >= 4 is 36.0 Å². The fraction of sp³-hybridized carbons (Fsp3) is 0.667. The van der Waals surface area contributed by atoms with Crippen LogP contribution in [0.2, 0.25) is 0 Å². The number of amides is 1. The van der Waals surface area contributed by atoms with Crippen molar-refractivity contribution < 1.29 is 19.0 Å². The predicted molar refractivity (Wildman–Crippen MR) is 141 cm³/mol. The highest BCUT2D eigenvalue weighted by atomic mass is 127. The van der Waals surface area contributed by atoms with Gasteiger partial charge in [0, 0.05) is 39.8 Å². The van der Waals surface area contributed by atoms with E-state index >= 15 is 0 Å². The van der Waals surface area contributed by atoms with Gasteiger partial charge >= 0.3 is 6.09 Å². The number of halogens is 1. The Morgan fingerprint density at radius 1 is 1.12 bits per heavy atom. The molecule has 2 aliphatic rings. The summed E-state index contributed by atoms with van der Waals surface area (Å²) in [6.07, 6.45) is 2.78. The van der Waals surface area contributed by atoms with Crippen LogP contribution in [-0.2, 0) is 17.7 Å². The maximum atomic E-state index is 12.4. The van der Waals surface area contributed by atoms with Crippen LogP contribution >= 0.6 is 24.0 Å². The number of nitrogens with one attached hydrogen (secondary N) is 1. The Bertz CT molecular complexity index is 840. The van der Waals surface area contributed by atoms with E-state index in [9.17, 15) is 4.79 Å². The molecule has 1 saturated heterocycles. The number of benzene rings is 1. The Labute approximate surface area is 215 Å². The van der Waals surface area contributed by atoms with Gasteiger partial charge in [0.15, 0.2) is 17.5 Å². The lowest BCUT2D eigenvalue weighted by Crippen LogP contribution is -2.48. The second-order valence-corrected chi connectivity index (χ2v) is 9.51. The normalized spacial score (nSPS) is 18.7. The zero-order chi connectivity index (χ0) is 23.3. The molecule has 3 rings (SSSR count). The van der Waals surface area contributed by atoms with Gasteiger partial charge < -0.3 is 29.3 Å². The average molecular weight is 575 g/mol. The first kappa shape index (κ1) is 27.3. The molecule has 9 heteroatoms. The van der Waals surface area contributed by atoms with Crippen molar-refractivity contribution in [1.82, 2.24) is 15.1 Å². The number of likely N-dealkylation sites (tertiary alicyclic amines) is 1. The van der Waals surface area contributed by atoms with Crippen LogP contribution in [0.15, 0.2) is 17.1 Å². The van der Waals surface area contributed by atoms with Crippen molar-refractivity contribution in [3.05, 3.63) is 23.3 Å². The molecule has 1 aromatic rings. The fourth-order valence-electron chi connectivity index (χ4n) is 4.36. The summed E-state index contributed by atoms with van der Waals surface area (Å²) >= 11 is 0. The molecule has 1 aromatic carbocycles. The van der Waals surface area contributed by atoms with E-state index in [1.54, 1.807) is 14.2 Å². The Balaban J connectivity index is 0.00000385. The molecule has 1 atom stereocenters. The largest absolute Gasteiger partial charge is 0.493 e. The molecule has 2 aliphatic heterocycles. The van der Waals surface area contributed by atoms with E-state index in [-0.39, 0.29) is 30.1 Å². The van der Waals surface area contributed by atoms with Crippen molar-refractivity contribution in [2.45, 2.75) is 52.2 Å². The van der Waals surface area contributed by atoms with Gasteiger partial charge in [0.2, 0.25) is 0 Å². The van der Waals surface area contributed by atoms with Gasteiger partial charge in [0.1, 0.15) is 5.60 Å². The number of carbonyl (C=O) groups is 1. The fourth-order valence-corrected chi connectivity index (χ4v) is 4.36. The molecule has 2 heterocycles. The third-order valence-corrected chi connectivity index (χ3v) is 5.95. The summed E-state index contributed by atoms with van der Waals surface area (Å²) in [4.78, 5) is 21.1. The second kappa shape index (κ2) is 12.0. The molecule has 0 aliphatic carbocycles. The molecular formula is C24H39IN4O4. The van der Waals surface area contributed by atoms with Crippen molar-refractivity contribution in [2.24, 2.45) is 10.9 Å². The van der Waals surface area contributed by atoms with E-state index in [2.05, 4.69) is 27.3 Å². The molecule has 1 unspecified atom stereocenters. The number of rotatable bonds is 4. The summed E-state index contributed by atoms with van der Waals surface area (Å²) in [6.45, 7) is 9.61. The summed E-state index contributed by atoms with van der Waals surface area (Å²) in [7, 11) is 5.15. The topological polar surface area (TPSA) is 75.6 Å². The van der Waals surface area contributed by atoms with Gasteiger partial charge in [0.25, 0.3) is 0 Å². The van der Waals surface area contributed by atoms with Crippen molar-refractivity contribution in [3.8, 4) is 11.5 Å². The number of ether oxygens (including phenoxy) is 3. The molecule has 0 saturated carbocycles. The van der Waals surface area contributed by atoms with Crippen LogP contribution < -0.4 is 14.8 Å². The first-order chi connectivity index (χ1) is 15.2. The van der Waals surface area contributed by atoms with Crippen LogP contribution in [0.4, 0.5) is 4.79 Å². The number of nitrogens with zero attached hydrogens (tertiary/aromatic N) is 3. The van der Waals surface area contributed by atoms with Gasteiger partial charge in [-0.25, -0.2) is 4.79 Å². The Morgan fingerprint density at radius 3 is 2.39 bits per heavy atom. The van der Waals surface area contributed by atoms with Crippen molar-refractivity contribution in [1.29, 1.82) is 0 Å². The highest BCUT2D eigenvalue weighted by Crippen LogP contribution is 2.33. The number of hydrogen-bond donors (Lipinski definition) is 1. The molecule has 0 aromatic heterocycles. The number of piperidine rings is 1. The van der Waals surface area contributed by atoms with Gasteiger partial charge in [-0.3, -0.25) is 4.99 Å². The van der Waals surface area contributed by atoms with E-state index in [0.717, 1.165) is 62.9 Å². The molecule has 186 valence electrons. The number of guanidine groups is 1. The molecule has 0 radical (unpaired) electrons. The maximum absolute atomic E-state index is 12.4. The summed E-state index contributed by atoms with van der Waals surface area (Å²) in [5.74, 6) is 2.78. The monoisotopic (exact) mass is 574 g/mol. The zero-order valence-corrected chi connectivity index (χ0v) is 23.1. The number of carbonyl (C=O) groups excluding carboxylic acids is 1. The third kappa shape index (κ3) is 7.28. The Hall–Kier alpha value is -1.91. The van der Waals surface area contributed by atoms with Crippen molar-refractivity contribution in [2.75, 3.05) is 47.4 Å². The molecule has 1 fully saturated rings. The van der Waals surface area contributed by atoms with Crippen LogP contribution in [0.5, 0.6) is 11.5 Å². The summed E-state index contributed by atoms with van der Waals surface area (Å²) < 4.78 is 16.5. The quantitative estimate of drug-likeness (QED) is 0.334. The smallest absolute Gasteiger partial charge is 0.410 e. The Kier molecular flexibility index (Phi) is 9.93. The SMILES string of the molecule is CN=C(NCC1CCCN(C(=O)OC(C)(C)C)C1)N1CCc2cc(OC)c(OC)cc2C1.I. The van der Waals surface area contributed by atoms with Gasteiger partial charge in [-0.15, -0.1) is 24.0 Å². The van der Waals surface area contributed by atoms with Gasteiger partial charge in [-0.05, 0) is 69.2 Å². The summed E-state index contributed by atoms with van der Waals surface area (Å²) in [5.41, 5.74) is 2.04. The molecule has 33 heavy (non-hydrogen) atoms. The lowest BCUT2D eigenvalue weighted by molar-refractivity contribution is 0.0168. The zero-order valence-electron chi connectivity index (χ0n) is 20.8. The summed E-state index contributed by atoms with van der Waals surface area (Å²) in [6, 6.07) is 4.14. The number of fused-ring (bicyclic) bond motifs is 1. The number of methoxy groups -OCH3 is 2.